The van der Waals surface area contributed by atoms with E-state index >= 15 is 0 Å². The number of aromatic nitrogens is 1. The number of nitrogens with zero attached hydrogens (tertiary/aromatic N) is 2. The average Bonchev–Trinajstić information content (AvgIpc) is 2.48. The third kappa shape index (κ3) is 2.33. The molecule has 2 heterocycles. The minimum absolute atomic E-state index is 0.787. The van der Waals surface area contributed by atoms with Crippen molar-refractivity contribution in [3.63, 3.8) is 0 Å². The monoisotopic (exact) mass is 269 g/mol. The van der Waals surface area contributed by atoms with E-state index in [1.165, 1.54) is 18.5 Å². The van der Waals surface area contributed by atoms with E-state index < -0.39 is 0 Å². The summed E-state index contributed by atoms with van der Waals surface area (Å²) < 4.78 is 0. The number of benzene rings is 1. The van der Waals surface area contributed by atoms with Crippen LogP contribution in [0.2, 0.25) is 0 Å². The van der Waals surface area contributed by atoms with Gasteiger partial charge in [-0.25, -0.2) is 0 Å². The van der Waals surface area contributed by atoms with Crippen LogP contribution in [0.3, 0.4) is 0 Å². The molecule has 0 unspecified atom stereocenters. The molecule has 1 aliphatic heterocycles. The van der Waals surface area contributed by atoms with Crippen LogP contribution in [0.15, 0.2) is 30.5 Å². The highest BCUT2D eigenvalue weighted by Gasteiger charge is 2.23. The summed E-state index contributed by atoms with van der Waals surface area (Å²) in [5.74, 6) is 1.64. The molecule has 3 nitrogen and oxygen atoms in total. The Labute approximate surface area is 120 Å². The molecule has 0 aliphatic carbocycles. The quantitative estimate of drug-likeness (QED) is 0.845. The lowest BCUT2D eigenvalue weighted by atomic mass is 9.86. The first-order chi connectivity index (χ1) is 9.66. The van der Waals surface area contributed by atoms with Gasteiger partial charge in [-0.15, -0.1) is 0 Å². The highest BCUT2D eigenvalue weighted by molar-refractivity contribution is 5.97. The molecule has 1 aliphatic rings. The van der Waals surface area contributed by atoms with Gasteiger partial charge in [0.15, 0.2) is 0 Å². The summed E-state index contributed by atoms with van der Waals surface area (Å²) in [5.41, 5.74) is 9.39. The summed E-state index contributed by atoms with van der Waals surface area (Å²) in [7, 11) is 0. The zero-order valence-electron chi connectivity index (χ0n) is 12.3. The highest BCUT2D eigenvalue weighted by atomic mass is 15.1. The Bertz CT molecular complexity index is 598. The maximum atomic E-state index is 6.36. The molecule has 1 aromatic carbocycles. The van der Waals surface area contributed by atoms with Gasteiger partial charge in [0.2, 0.25) is 0 Å². The highest BCUT2D eigenvalue weighted by Crippen LogP contribution is 2.34. The Morgan fingerprint density at radius 2 is 1.95 bits per heavy atom. The Morgan fingerprint density at radius 1 is 1.20 bits per heavy atom. The fraction of sp³-hybridized carbons (Fsp3) is 0.471. The van der Waals surface area contributed by atoms with Gasteiger partial charge in [-0.05, 0) is 48.9 Å². The van der Waals surface area contributed by atoms with Crippen molar-refractivity contribution in [1.82, 2.24) is 4.98 Å². The average molecular weight is 269 g/mol. The van der Waals surface area contributed by atoms with Crippen LogP contribution in [-0.2, 0) is 0 Å². The third-order valence-corrected chi connectivity index (χ3v) is 4.63. The van der Waals surface area contributed by atoms with Crippen LogP contribution < -0.4 is 10.6 Å². The molecule has 0 atom stereocenters. The van der Waals surface area contributed by atoms with E-state index in [-0.39, 0.29) is 0 Å². The standard InChI is InChI=1S/C17H23N3/c1-12(2)13-7-10-20(11-8-13)16-6-5-15-14(17(16)18)4-3-9-19-15/h3-6,9,12-13H,7-8,10-11,18H2,1-2H3. The van der Waals surface area contributed by atoms with Gasteiger partial charge in [0.05, 0.1) is 16.9 Å². The number of hydrogen-bond donors (Lipinski definition) is 1. The molecule has 20 heavy (non-hydrogen) atoms. The molecule has 0 spiro atoms. The largest absolute Gasteiger partial charge is 0.396 e. The summed E-state index contributed by atoms with van der Waals surface area (Å²) in [6, 6.07) is 8.21. The van der Waals surface area contributed by atoms with Gasteiger partial charge in [-0.2, -0.15) is 0 Å². The molecule has 0 amide bonds. The van der Waals surface area contributed by atoms with Gasteiger partial charge in [-0.1, -0.05) is 13.8 Å². The lowest BCUT2D eigenvalue weighted by Crippen LogP contribution is -2.35. The van der Waals surface area contributed by atoms with Crippen LogP contribution in [0, 0.1) is 11.8 Å². The number of pyridine rings is 1. The predicted octanol–water partition coefficient (Wildman–Crippen LogP) is 3.69. The lowest BCUT2D eigenvalue weighted by molar-refractivity contribution is 0.311. The minimum atomic E-state index is 0.787. The molecule has 0 saturated carbocycles. The Balaban J connectivity index is 1.86. The molecule has 1 aromatic heterocycles. The zero-order valence-corrected chi connectivity index (χ0v) is 12.3. The van der Waals surface area contributed by atoms with Crippen molar-refractivity contribution >= 4 is 22.3 Å². The lowest BCUT2D eigenvalue weighted by Gasteiger charge is -2.36. The van der Waals surface area contributed by atoms with E-state index in [9.17, 15) is 0 Å². The number of hydrogen-bond acceptors (Lipinski definition) is 3. The van der Waals surface area contributed by atoms with Crippen LogP contribution in [0.25, 0.3) is 10.9 Å². The third-order valence-electron chi connectivity index (χ3n) is 4.63. The van der Waals surface area contributed by atoms with E-state index in [4.69, 9.17) is 5.73 Å². The molecule has 1 fully saturated rings. The van der Waals surface area contributed by atoms with Crippen LogP contribution in [-0.4, -0.2) is 18.1 Å². The number of nitrogens with two attached hydrogens (primary N) is 1. The van der Waals surface area contributed by atoms with Gasteiger partial charge in [0, 0.05) is 24.7 Å². The van der Waals surface area contributed by atoms with E-state index in [0.29, 0.717) is 0 Å². The van der Waals surface area contributed by atoms with Crippen molar-refractivity contribution in [2.24, 2.45) is 11.8 Å². The van der Waals surface area contributed by atoms with Crippen molar-refractivity contribution in [2.75, 3.05) is 23.7 Å². The number of fused-ring (bicyclic) bond motifs is 1. The van der Waals surface area contributed by atoms with Gasteiger partial charge < -0.3 is 10.6 Å². The zero-order chi connectivity index (χ0) is 14.1. The van der Waals surface area contributed by atoms with Gasteiger partial charge in [0.1, 0.15) is 0 Å². The Morgan fingerprint density at radius 3 is 2.65 bits per heavy atom. The summed E-state index contributed by atoms with van der Waals surface area (Å²) in [6.45, 7) is 6.88. The summed E-state index contributed by atoms with van der Waals surface area (Å²) in [6.07, 6.45) is 4.35. The van der Waals surface area contributed by atoms with Gasteiger partial charge >= 0.3 is 0 Å². The minimum Gasteiger partial charge on any atom is -0.396 e. The normalized spacial score (nSPS) is 17.1. The van der Waals surface area contributed by atoms with E-state index in [1.54, 1.807) is 0 Å². The first-order valence-corrected chi connectivity index (χ1v) is 7.55. The molecule has 3 heteroatoms. The van der Waals surface area contributed by atoms with Crippen molar-refractivity contribution in [3.05, 3.63) is 30.5 Å². The first kappa shape index (κ1) is 13.2. The van der Waals surface area contributed by atoms with Crippen LogP contribution in [0.4, 0.5) is 11.4 Å². The second-order valence-electron chi connectivity index (χ2n) is 6.14. The van der Waals surface area contributed by atoms with Crippen molar-refractivity contribution in [2.45, 2.75) is 26.7 Å². The molecular weight excluding hydrogens is 246 g/mol. The summed E-state index contributed by atoms with van der Waals surface area (Å²) in [5, 5.41) is 1.07. The maximum absolute atomic E-state index is 6.36. The van der Waals surface area contributed by atoms with Crippen LogP contribution in [0.5, 0.6) is 0 Å². The van der Waals surface area contributed by atoms with Crippen LogP contribution in [0.1, 0.15) is 26.7 Å². The van der Waals surface area contributed by atoms with Gasteiger partial charge in [0.25, 0.3) is 0 Å². The fourth-order valence-electron chi connectivity index (χ4n) is 3.25. The molecule has 0 bridgehead atoms. The van der Waals surface area contributed by atoms with Crippen molar-refractivity contribution < 1.29 is 0 Å². The van der Waals surface area contributed by atoms with E-state index in [0.717, 1.165) is 41.5 Å². The number of nitrogen functional groups attached to an aromatic ring is 1. The SMILES string of the molecule is CC(C)C1CCN(c2ccc3ncccc3c2N)CC1. The summed E-state index contributed by atoms with van der Waals surface area (Å²) >= 11 is 0. The number of rotatable bonds is 2. The van der Waals surface area contributed by atoms with E-state index in [1.807, 2.05) is 12.3 Å². The maximum Gasteiger partial charge on any atom is 0.0724 e. The van der Waals surface area contributed by atoms with Crippen molar-refractivity contribution in [3.8, 4) is 0 Å². The number of piperidine rings is 1. The molecular formula is C17H23N3. The van der Waals surface area contributed by atoms with Crippen LogP contribution >= 0.6 is 0 Å². The smallest absolute Gasteiger partial charge is 0.0724 e. The molecule has 2 aromatic rings. The first-order valence-electron chi connectivity index (χ1n) is 7.55. The number of anilines is 2. The topological polar surface area (TPSA) is 42.2 Å². The summed E-state index contributed by atoms with van der Waals surface area (Å²) in [4.78, 5) is 6.80. The second-order valence-corrected chi connectivity index (χ2v) is 6.14. The molecule has 106 valence electrons. The fourth-order valence-corrected chi connectivity index (χ4v) is 3.25. The predicted molar refractivity (Wildman–Crippen MR) is 85.9 cm³/mol. The molecule has 1 saturated heterocycles. The molecule has 2 N–H and O–H groups in total. The second kappa shape index (κ2) is 5.31. The Kier molecular flexibility index (Phi) is 3.51. The Hall–Kier alpha value is -1.77. The van der Waals surface area contributed by atoms with E-state index in [2.05, 4.69) is 41.9 Å². The van der Waals surface area contributed by atoms with Crippen molar-refractivity contribution in [1.29, 1.82) is 0 Å². The molecule has 0 radical (unpaired) electrons. The van der Waals surface area contributed by atoms with Gasteiger partial charge in [-0.3, -0.25) is 4.98 Å². The molecule has 3 rings (SSSR count).